The van der Waals surface area contributed by atoms with Crippen molar-refractivity contribution in [3.8, 4) is 5.75 Å². The van der Waals surface area contributed by atoms with Crippen LogP contribution < -0.4 is 0 Å². The van der Waals surface area contributed by atoms with E-state index in [0.717, 1.165) is 16.8 Å². The third-order valence-corrected chi connectivity index (χ3v) is 4.04. The molecule has 0 amide bonds. The normalized spacial score (nSPS) is 11.5. The first-order valence-electron chi connectivity index (χ1n) is 9.39. The topological polar surface area (TPSA) is 33.1 Å². The number of hydrogen-bond donors (Lipinski definition) is 1. The molecule has 142 valence electrons. The van der Waals surface area contributed by atoms with Gasteiger partial charge in [0.25, 0.3) is 0 Å². The van der Waals surface area contributed by atoms with Crippen LogP contribution in [0.2, 0.25) is 0 Å². The number of fused-ring (bicyclic) bond motifs is 1. The SMILES string of the molecule is CC(C)(C)C.Cc1cc(C)c2ccc(/C=C/c3cccc(O)c3)nc2c1C. The molecule has 1 N–H and O–H groups in total. The molecule has 0 fully saturated rings. The van der Waals surface area contributed by atoms with Gasteiger partial charge in [0.1, 0.15) is 5.75 Å². The molecule has 0 bridgehead atoms. The van der Waals surface area contributed by atoms with Crippen molar-refractivity contribution < 1.29 is 5.11 Å². The monoisotopic (exact) mass is 361 g/mol. The average Bonchev–Trinajstić information content (AvgIpc) is 2.56. The van der Waals surface area contributed by atoms with Gasteiger partial charge in [-0.25, -0.2) is 4.98 Å². The molecular formula is C25H31NO. The zero-order valence-electron chi connectivity index (χ0n) is 17.6. The van der Waals surface area contributed by atoms with Gasteiger partial charge in [-0.2, -0.15) is 0 Å². The van der Waals surface area contributed by atoms with Crippen LogP contribution in [0.25, 0.3) is 23.1 Å². The van der Waals surface area contributed by atoms with Gasteiger partial charge in [0.15, 0.2) is 0 Å². The predicted molar refractivity (Wildman–Crippen MR) is 118 cm³/mol. The van der Waals surface area contributed by atoms with Crippen molar-refractivity contribution >= 4 is 23.1 Å². The number of hydrogen-bond acceptors (Lipinski definition) is 2. The number of rotatable bonds is 2. The summed E-state index contributed by atoms with van der Waals surface area (Å²) in [5.41, 5.74) is 7.20. The first-order chi connectivity index (χ1) is 12.5. The van der Waals surface area contributed by atoms with Gasteiger partial charge in [-0.1, -0.05) is 58.0 Å². The Bertz CT molecular complexity index is 956. The van der Waals surface area contributed by atoms with Gasteiger partial charge < -0.3 is 5.11 Å². The molecule has 0 atom stereocenters. The summed E-state index contributed by atoms with van der Waals surface area (Å²) in [7, 11) is 0. The molecule has 3 aromatic rings. The maximum atomic E-state index is 9.50. The van der Waals surface area contributed by atoms with Gasteiger partial charge in [0, 0.05) is 5.39 Å². The highest BCUT2D eigenvalue weighted by Crippen LogP contribution is 2.24. The zero-order valence-corrected chi connectivity index (χ0v) is 17.6. The number of aryl methyl sites for hydroxylation is 3. The van der Waals surface area contributed by atoms with Crippen LogP contribution in [0.5, 0.6) is 5.75 Å². The molecule has 0 aliphatic carbocycles. The number of nitrogens with zero attached hydrogens (tertiary/aromatic N) is 1. The van der Waals surface area contributed by atoms with Gasteiger partial charge in [-0.15, -0.1) is 0 Å². The molecular weight excluding hydrogens is 330 g/mol. The minimum Gasteiger partial charge on any atom is -0.508 e. The van der Waals surface area contributed by atoms with Gasteiger partial charge in [0.2, 0.25) is 0 Å². The number of aromatic hydroxyl groups is 1. The fraction of sp³-hybridized carbons (Fsp3) is 0.320. The van der Waals surface area contributed by atoms with Gasteiger partial charge in [0.05, 0.1) is 11.2 Å². The lowest BCUT2D eigenvalue weighted by atomic mass is 10.0. The van der Waals surface area contributed by atoms with E-state index >= 15 is 0 Å². The molecule has 1 aromatic heterocycles. The van der Waals surface area contributed by atoms with Crippen molar-refractivity contribution in [2.24, 2.45) is 5.41 Å². The molecule has 0 aliphatic heterocycles. The molecule has 0 saturated heterocycles. The quantitative estimate of drug-likeness (QED) is 0.528. The summed E-state index contributed by atoms with van der Waals surface area (Å²) in [4.78, 5) is 4.78. The summed E-state index contributed by atoms with van der Waals surface area (Å²) in [5, 5.41) is 10.7. The summed E-state index contributed by atoms with van der Waals surface area (Å²) in [6, 6.07) is 13.6. The van der Waals surface area contributed by atoms with Crippen LogP contribution in [0.1, 0.15) is 55.6 Å². The molecule has 3 rings (SSSR count). The second-order valence-electron chi connectivity index (χ2n) is 8.70. The van der Waals surface area contributed by atoms with E-state index < -0.39 is 0 Å². The summed E-state index contributed by atoms with van der Waals surface area (Å²) < 4.78 is 0. The van der Waals surface area contributed by atoms with Crippen LogP contribution in [0.15, 0.2) is 42.5 Å². The Morgan fingerprint density at radius 1 is 0.852 bits per heavy atom. The fourth-order valence-electron chi connectivity index (χ4n) is 2.68. The molecule has 0 radical (unpaired) electrons. The van der Waals surface area contributed by atoms with Crippen molar-refractivity contribution in [3.63, 3.8) is 0 Å². The van der Waals surface area contributed by atoms with E-state index in [0.29, 0.717) is 5.41 Å². The molecule has 2 nitrogen and oxygen atoms in total. The van der Waals surface area contributed by atoms with E-state index in [2.05, 4.69) is 60.6 Å². The predicted octanol–water partition coefficient (Wildman–Crippen LogP) is 7.09. The Hall–Kier alpha value is -2.61. The lowest BCUT2D eigenvalue weighted by Crippen LogP contribution is -1.93. The van der Waals surface area contributed by atoms with E-state index in [1.807, 2.05) is 30.4 Å². The molecule has 1 heterocycles. The molecule has 2 aromatic carbocycles. The second kappa shape index (κ2) is 8.39. The zero-order chi connectivity index (χ0) is 20.2. The van der Waals surface area contributed by atoms with Crippen molar-refractivity contribution in [2.45, 2.75) is 48.5 Å². The molecule has 0 aliphatic rings. The van der Waals surface area contributed by atoms with Crippen LogP contribution in [0.3, 0.4) is 0 Å². The highest BCUT2D eigenvalue weighted by atomic mass is 16.3. The Morgan fingerprint density at radius 2 is 1.52 bits per heavy atom. The molecule has 0 unspecified atom stereocenters. The van der Waals surface area contributed by atoms with Gasteiger partial charge >= 0.3 is 0 Å². The van der Waals surface area contributed by atoms with E-state index in [-0.39, 0.29) is 5.75 Å². The maximum absolute atomic E-state index is 9.50. The molecule has 27 heavy (non-hydrogen) atoms. The van der Waals surface area contributed by atoms with E-state index in [1.165, 1.54) is 22.1 Å². The lowest BCUT2D eigenvalue weighted by Gasteiger charge is -2.09. The van der Waals surface area contributed by atoms with E-state index in [1.54, 1.807) is 12.1 Å². The van der Waals surface area contributed by atoms with Crippen molar-refractivity contribution in [3.05, 3.63) is 70.4 Å². The van der Waals surface area contributed by atoms with E-state index in [4.69, 9.17) is 4.98 Å². The summed E-state index contributed by atoms with van der Waals surface area (Å²) >= 11 is 0. The Kier molecular flexibility index (Phi) is 6.43. The lowest BCUT2D eigenvalue weighted by molar-refractivity contribution is 0.469. The first-order valence-corrected chi connectivity index (χ1v) is 9.39. The number of benzene rings is 2. The third kappa shape index (κ3) is 6.25. The number of phenols is 1. The maximum Gasteiger partial charge on any atom is 0.116 e. The van der Waals surface area contributed by atoms with Crippen LogP contribution in [-0.2, 0) is 0 Å². The molecule has 2 heteroatoms. The Labute approximate surface area is 163 Å². The second-order valence-corrected chi connectivity index (χ2v) is 8.70. The Balaban J connectivity index is 0.000000465. The molecule has 0 spiro atoms. The van der Waals surface area contributed by atoms with Crippen LogP contribution in [0, 0.1) is 26.2 Å². The number of aromatic nitrogens is 1. The fourth-order valence-corrected chi connectivity index (χ4v) is 2.68. The highest BCUT2D eigenvalue weighted by Gasteiger charge is 2.05. The smallest absolute Gasteiger partial charge is 0.116 e. The van der Waals surface area contributed by atoms with Crippen LogP contribution >= 0.6 is 0 Å². The van der Waals surface area contributed by atoms with Crippen LogP contribution in [-0.4, -0.2) is 10.1 Å². The highest BCUT2D eigenvalue weighted by molar-refractivity contribution is 5.87. The summed E-state index contributed by atoms with van der Waals surface area (Å²) in [6.45, 7) is 15.1. The van der Waals surface area contributed by atoms with Crippen molar-refractivity contribution in [1.82, 2.24) is 4.98 Å². The molecule has 0 saturated carbocycles. The average molecular weight is 362 g/mol. The third-order valence-electron chi connectivity index (χ3n) is 4.04. The first kappa shape index (κ1) is 20.7. The summed E-state index contributed by atoms with van der Waals surface area (Å²) in [5.74, 6) is 0.274. The minimum absolute atomic E-state index is 0.274. The van der Waals surface area contributed by atoms with Crippen LogP contribution in [0.4, 0.5) is 0 Å². The minimum atomic E-state index is 0.274. The number of phenolic OH excluding ortho intramolecular Hbond substituents is 1. The van der Waals surface area contributed by atoms with E-state index in [9.17, 15) is 5.11 Å². The standard InChI is InChI=1S/C20H19NO.C5H12/c1-13-11-14(2)19-10-9-17(21-20(19)15(13)3)8-7-16-5-4-6-18(22)12-16;1-5(2,3)4/h4-12,22H,1-3H3;1-4H3/b8-7+;. The summed E-state index contributed by atoms with van der Waals surface area (Å²) in [6.07, 6.45) is 3.94. The number of pyridine rings is 1. The van der Waals surface area contributed by atoms with Crippen molar-refractivity contribution in [1.29, 1.82) is 0 Å². The van der Waals surface area contributed by atoms with Gasteiger partial charge in [-0.05, 0) is 72.7 Å². The Morgan fingerprint density at radius 3 is 2.15 bits per heavy atom. The largest absolute Gasteiger partial charge is 0.508 e. The van der Waals surface area contributed by atoms with Crippen molar-refractivity contribution in [2.75, 3.05) is 0 Å². The van der Waals surface area contributed by atoms with Gasteiger partial charge in [-0.3, -0.25) is 0 Å².